The van der Waals surface area contributed by atoms with Gasteiger partial charge in [-0.25, -0.2) is 0 Å². The van der Waals surface area contributed by atoms with E-state index in [4.69, 9.17) is 16.3 Å². The average Bonchev–Trinajstić information content (AvgIpc) is 2.67. The minimum Gasteiger partial charge on any atom is -0.420 e. The normalized spacial score (nSPS) is 11.5. The Kier molecular flexibility index (Phi) is 8.08. The standard InChI is InChI=1S/C22H24ClNO3/c1-3-4-10-15-24-20(17-11-6-5-7-12-17)22(27-16(2)25)21(26)18-13-8-9-14-19(18)23/h5-9,11-14,24H,3-4,10,15H2,1-2H3/b22-20+. The van der Waals surface area contributed by atoms with Crippen LogP contribution in [0.15, 0.2) is 60.4 Å². The maximum atomic E-state index is 13.1. The average molecular weight is 386 g/mol. The SMILES string of the molecule is CCCCCN/C(=C(/OC(C)=O)C(=O)c1ccccc1Cl)c1ccccc1. The Balaban J connectivity index is 2.52. The van der Waals surface area contributed by atoms with Gasteiger partial charge in [-0.05, 0) is 18.6 Å². The van der Waals surface area contributed by atoms with E-state index in [1.807, 2.05) is 30.3 Å². The number of carbonyl (C=O) groups excluding carboxylic acids is 2. The molecule has 0 aliphatic heterocycles. The molecule has 5 heteroatoms. The van der Waals surface area contributed by atoms with Crippen LogP contribution in [0.1, 0.15) is 49.0 Å². The lowest BCUT2D eigenvalue weighted by atomic mass is 10.0. The lowest BCUT2D eigenvalue weighted by Gasteiger charge is -2.17. The third-order valence-electron chi connectivity index (χ3n) is 3.94. The van der Waals surface area contributed by atoms with Crippen LogP contribution in [-0.2, 0) is 9.53 Å². The molecule has 0 bridgehead atoms. The van der Waals surface area contributed by atoms with Crippen molar-refractivity contribution >= 4 is 29.1 Å². The van der Waals surface area contributed by atoms with Crippen molar-refractivity contribution in [1.29, 1.82) is 0 Å². The third kappa shape index (κ3) is 5.97. The number of unbranched alkanes of at least 4 members (excludes halogenated alkanes) is 2. The topological polar surface area (TPSA) is 55.4 Å². The molecule has 0 unspecified atom stereocenters. The zero-order chi connectivity index (χ0) is 19.6. The summed E-state index contributed by atoms with van der Waals surface area (Å²) in [4.78, 5) is 24.9. The first-order valence-electron chi connectivity index (χ1n) is 9.05. The van der Waals surface area contributed by atoms with Crippen LogP contribution in [0.25, 0.3) is 5.70 Å². The number of rotatable bonds is 9. The molecule has 0 spiro atoms. The van der Waals surface area contributed by atoms with Crippen LogP contribution in [0.4, 0.5) is 0 Å². The van der Waals surface area contributed by atoms with E-state index in [0.29, 0.717) is 22.8 Å². The molecular weight excluding hydrogens is 362 g/mol. The van der Waals surface area contributed by atoms with Gasteiger partial charge >= 0.3 is 5.97 Å². The fraction of sp³-hybridized carbons (Fsp3) is 0.273. The molecule has 142 valence electrons. The molecule has 1 N–H and O–H groups in total. The van der Waals surface area contributed by atoms with Crippen LogP contribution in [0.5, 0.6) is 0 Å². The number of carbonyl (C=O) groups is 2. The molecular formula is C22H24ClNO3. The van der Waals surface area contributed by atoms with Gasteiger partial charge in [0.1, 0.15) is 0 Å². The molecule has 27 heavy (non-hydrogen) atoms. The summed E-state index contributed by atoms with van der Waals surface area (Å²) in [6.07, 6.45) is 3.10. The van der Waals surface area contributed by atoms with Gasteiger partial charge in [-0.3, -0.25) is 9.59 Å². The Morgan fingerprint density at radius 1 is 1.00 bits per heavy atom. The van der Waals surface area contributed by atoms with Gasteiger partial charge in [0.15, 0.2) is 0 Å². The van der Waals surface area contributed by atoms with Gasteiger partial charge in [0.2, 0.25) is 11.5 Å². The predicted molar refractivity (Wildman–Crippen MR) is 108 cm³/mol. The summed E-state index contributed by atoms with van der Waals surface area (Å²) >= 11 is 6.19. The molecule has 0 aliphatic rings. The summed E-state index contributed by atoms with van der Waals surface area (Å²) in [6.45, 7) is 4.07. The fourth-order valence-corrected chi connectivity index (χ4v) is 2.85. The van der Waals surface area contributed by atoms with Gasteiger partial charge < -0.3 is 10.1 Å². The second-order valence-corrected chi connectivity index (χ2v) is 6.51. The van der Waals surface area contributed by atoms with Crippen LogP contribution in [0.2, 0.25) is 5.02 Å². The van der Waals surface area contributed by atoms with Gasteiger partial charge in [0, 0.05) is 24.6 Å². The number of Topliss-reactive ketones (excluding diaryl/α,β-unsaturated/α-hetero) is 1. The quantitative estimate of drug-likeness (QED) is 0.211. The van der Waals surface area contributed by atoms with Crippen LogP contribution < -0.4 is 5.32 Å². The Labute approximate surface area is 165 Å². The van der Waals surface area contributed by atoms with Crippen molar-refractivity contribution in [1.82, 2.24) is 5.32 Å². The number of benzene rings is 2. The molecule has 0 saturated carbocycles. The first-order chi connectivity index (χ1) is 13.0. The molecule has 4 nitrogen and oxygen atoms in total. The van der Waals surface area contributed by atoms with E-state index in [0.717, 1.165) is 24.8 Å². The zero-order valence-electron chi connectivity index (χ0n) is 15.6. The molecule has 0 amide bonds. The predicted octanol–water partition coefficient (Wildman–Crippen LogP) is 5.23. The van der Waals surface area contributed by atoms with Crippen LogP contribution in [0, 0.1) is 0 Å². The highest BCUT2D eigenvalue weighted by molar-refractivity contribution is 6.35. The number of hydrogen-bond donors (Lipinski definition) is 1. The highest BCUT2D eigenvalue weighted by Crippen LogP contribution is 2.25. The summed E-state index contributed by atoms with van der Waals surface area (Å²) in [7, 11) is 0. The van der Waals surface area contributed by atoms with Gasteiger partial charge in [-0.2, -0.15) is 0 Å². The Morgan fingerprint density at radius 2 is 1.67 bits per heavy atom. The molecule has 0 radical (unpaired) electrons. The molecule has 2 aromatic rings. The second kappa shape index (κ2) is 10.5. The fourth-order valence-electron chi connectivity index (χ4n) is 2.63. The largest absolute Gasteiger partial charge is 0.420 e. The summed E-state index contributed by atoms with van der Waals surface area (Å²) in [5, 5.41) is 3.60. The lowest BCUT2D eigenvalue weighted by Crippen LogP contribution is -2.22. The van der Waals surface area contributed by atoms with Crippen molar-refractivity contribution in [3.8, 4) is 0 Å². The first kappa shape index (κ1) is 20.7. The summed E-state index contributed by atoms with van der Waals surface area (Å²) < 4.78 is 5.37. The first-order valence-corrected chi connectivity index (χ1v) is 9.43. The van der Waals surface area contributed by atoms with Crippen molar-refractivity contribution in [2.24, 2.45) is 0 Å². The smallest absolute Gasteiger partial charge is 0.308 e. The number of ketones is 1. The van der Waals surface area contributed by atoms with Crippen molar-refractivity contribution in [3.63, 3.8) is 0 Å². The van der Waals surface area contributed by atoms with Gasteiger partial charge in [-0.1, -0.05) is 73.8 Å². The van der Waals surface area contributed by atoms with Crippen molar-refractivity contribution < 1.29 is 14.3 Å². The van der Waals surface area contributed by atoms with E-state index in [2.05, 4.69) is 12.2 Å². The maximum Gasteiger partial charge on any atom is 0.308 e. The highest BCUT2D eigenvalue weighted by Gasteiger charge is 2.24. The lowest BCUT2D eigenvalue weighted by molar-refractivity contribution is -0.136. The number of esters is 1. The van der Waals surface area contributed by atoms with Crippen molar-refractivity contribution in [3.05, 3.63) is 76.5 Å². The van der Waals surface area contributed by atoms with Crippen molar-refractivity contribution in [2.45, 2.75) is 33.1 Å². The molecule has 0 aromatic heterocycles. The van der Waals surface area contributed by atoms with Crippen molar-refractivity contribution in [2.75, 3.05) is 6.54 Å². The maximum absolute atomic E-state index is 13.1. The molecule has 2 rings (SSSR count). The third-order valence-corrected chi connectivity index (χ3v) is 4.27. The monoisotopic (exact) mass is 385 g/mol. The number of halogens is 1. The van der Waals surface area contributed by atoms with Crippen LogP contribution >= 0.6 is 11.6 Å². The molecule has 0 fully saturated rings. The number of hydrogen-bond acceptors (Lipinski definition) is 4. The van der Waals surface area contributed by atoms with Gasteiger partial charge in [-0.15, -0.1) is 0 Å². The minimum absolute atomic E-state index is 0.0432. The second-order valence-electron chi connectivity index (χ2n) is 6.11. The van der Waals surface area contributed by atoms with E-state index < -0.39 is 11.8 Å². The summed E-state index contributed by atoms with van der Waals surface area (Å²) in [5.74, 6) is -1.04. The van der Waals surface area contributed by atoms with Crippen LogP contribution in [-0.4, -0.2) is 18.3 Å². The van der Waals surface area contributed by atoms with Crippen LogP contribution in [0.3, 0.4) is 0 Å². The highest BCUT2D eigenvalue weighted by atomic mass is 35.5. The van der Waals surface area contributed by atoms with E-state index in [-0.39, 0.29) is 5.76 Å². The molecule has 0 heterocycles. The Hall–Kier alpha value is -2.59. The van der Waals surface area contributed by atoms with E-state index in [1.54, 1.807) is 24.3 Å². The zero-order valence-corrected chi connectivity index (χ0v) is 16.4. The van der Waals surface area contributed by atoms with Gasteiger partial charge in [0.25, 0.3) is 0 Å². The molecule has 0 saturated heterocycles. The molecule has 2 aromatic carbocycles. The summed E-state index contributed by atoms with van der Waals surface area (Å²) in [6, 6.07) is 16.1. The number of nitrogens with one attached hydrogen (secondary N) is 1. The number of allylic oxidation sites excluding steroid dienone is 1. The van der Waals surface area contributed by atoms with E-state index in [1.165, 1.54) is 6.92 Å². The van der Waals surface area contributed by atoms with Gasteiger partial charge in [0.05, 0.1) is 10.7 Å². The van der Waals surface area contributed by atoms with E-state index >= 15 is 0 Å². The minimum atomic E-state index is -0.561. The summed E-state index contributed by atoms with van der Waals surface area (Å²) in [5.41, 5.74) is 1.55. The van der Waals surface area contributed by atoms with E-state index in [9.17, 15) is 9.59 Å². The number of ether oxygens (including phenoxy) is 1. The Morgan fingerprint density at radius 3 is 2.30 bits per heavy atom. The Bertz CT molecular complexity index is 815. The molecule has 0 atom stereocenters. The molecule has 0 aliphatic carbocycles.